The number of carbonyl (C=O) groups is 1. The van der Waals surface area contributed by atoms with Gasteiger partial charge in [0, 0.05) is 9.50 Å². The summed E-state index contributed by atoms with van der Waals surface area (Å²) < 4.78 is 26.8. The molecular weight excluding hydrogens is 383 g/mol. The van der Waals surface area contributed by atoms with Crippen LogP contribution in [0.1, 0.15) is 15.9 Å². The molecule has 0 radical (unpaired) electrons. The summed E-state index contributed by atoms with van der Waals surface area (Å²) in [5, 5.41) is 9.31. The minimum atomic E-state index is -1.73. The summed E-state index contributed by atoms with van der Waals surface area (Å²) >= 11 is 9.29. The lowest BCUT2D eigenvalue weighted by molar-refractivity contribution is 0.0696. The third kappa shape index (κ3) is 3.90. The Morgan fingerprint density at radius 2 is 2.00 bits per heavy atom. The van der Waals surface area contributed by atoms with Gasteiger partial charge in [0.2, 0.25) is 0 Å². The third-order valence-electron chi connectivity index (χ3n) is 2.73. The number of benzene rings is 2. The van der Waals surface area contributed by atoms with Gasteiger partial charge in [-0.3, -0.25) is 4.21 Å². The first kappa shape index (κ1) is 16.1. The van der Waals surface area contributed by atoms with Crippen molar-refractivity contribution in [3.63, 3.8) is 0 Å². The van der Waals surface area contributed by atoms with Crippen LogP contribution in [-0.2, 0) is 16.6 Å². The molecule has 0 amide bonds. The minimum Gasteiger partial charge on any atom is -0.478 e. The van der Waals surface area contributed by atoms with E-state index in [4.69, 9.17) is 16.7 Å². The highest BCUT2D eigenvalue weighted by Gasteiger charge is 2.15. The van der Waals surface area contributed by atoms with Gasteiger partial charge in [-0.2, -0.15) is 0 Å². The standard InChI is InChI=1S/C14H9BrClFO3S/c15-10-3-1-9(11(16)6-10)7-21(20)13-5-8(14(18)19)2-4-12(13)17/h1-6H,7H2,(H,18,19). The number of carboxylic acids is 1. The Morgan fingerprint density at radius 1 is 1.29 bits per heavy atom. The molecule has 2 aromatic carbocycles. The summed E-state index contributed by atoms with van der Waals surface area (Å²) in [4.78, 5) is 10.7. The quantitative estimate of drug-likeness (QED) is 0.848. The molecule has 7 heteroatoms. The fraction of sp³-hybridized carbons (Fsp3) is 0.0714. The molecule has 21 heavy (non-hydrogen) atoms. The summed E-state index contributed by atoms with van der Waals surface area (Å²) in [6, 6.07) is 8.29. The van der Waals surface area contributed by atoms with Crippen molar-refractivity contribution in [2.45, 2.75) is 10.6 Å². The van der Waals surface area contributed by atoms with Crippen LogP contribution in [0.3, 0.4) is 0 Å². The lowest BCUT2D eigenvalue weighted by atomic mass is 10.2. The average Bonchev–Trinajstić information content (AvgIpc) is 2.42. The molecule has 2 aromatic rings. The normalized spacial score (nSPS) is 12.1. The number of hydrogen-bond donors (Lipinski definition) is 1. The number of hydrogen-bond acceptors (Lipinski definition) is 2. The van der Waals surface area contributed by atoms with E-state index in [9.17, 15) is 13.4 Å². The molecule has 0 bridgehead atoms. The second-order valence-electron chi connectivity index (χ2n) is 4.18. The molecule has 1 unspecified atom stereocenters. The molecule has 0 saturated heterocycles. The number of aromatic carboxylic acids is 1. The average molecular weight is 392 g/mol. The van der Waals surface area contributed by atoms with Crippen molar-refractivity contribution in [1.29, 1.82) is 0 Å². The Kier molecular flexibility index (Phi) is 5.13. The highest BCUT2D eigenvalue weighted by atomic mass is 79.9. The van der Waals surface area contributed by atoms with E-state index in [2.05, 4.69) is 15.9 Å². The first-order chi connectivity index (χ1) is 9.88. The summed E-state index contributed by atoms with van der Waals surface area (Å²) in [6.07, 6.45) is 0. The molecule has 3 nitrogen and oxygen atoms in total. The molecule has 1 atom stereocenters. The SMILES string of the molecule is O=C(O)c1ccc(F)c(S(=O)Cc2ccc(Br)cc2Cl)c1. The Bertz CT molecular complexity index is 736. The van der Waals surface area contributed by atoms with Crippen LogP contribution >= 0.6 is 27.5 Å². The van der Waals surface area contributed by atoms with E-state index in [1.807, 2.05) is 0 Å². The van der Waals surface area contributed by atoms with Crippen molar-refractivity contribution in [1.82, 2.24) is 0 Å². The Hall–Kier alpha value is -1.24. The third-order valence-corrected chi connectivity index (χ3v) is 4.95. The maximum absolute atomic E-state index is 13.7. The summed E-state index contributed by atoms with van der Waals surface area (Å²) in [6.45, 7) is 0. The molecule has 0 spiro atoms. The summed E-state index contributed by atoms with van der Waals surface area (Å²) in [5.74, 6) is -1.90. The fourth-order valence-corrected chi connectivity index (χ4v) is 3.72. The molecule has 0 aliphatic heterocycles. The van der Waals surface area contributed by atoms with Crippen molar-refractivity contribution in [3.8, 4) is 0 Å². The van der Waals surface area contributed by atoms with Gasteiger partial charge in [-0.05, 0) is 35.9 Å². The van der Waals surface area contributed by atoms with Crippen LogP contribution < -0.4 is 0 Å². The van der Waals surface area contributed by atoms with E-state index in [1.165, 1.54) is 0 Å². The van der Waals surface area contributed by atoms with Crippen LogP contribution in [0.25, 0.3) is 0 Å². The second-order valence-corrected chi connectivity index (χ2v) is 6.92. The molecule has 2 rings (SSSR count). The van der Waals surface area contributed by atoms with E-state index in [-0.39, 0.29) is 16.2 Å². The van der Waals surface area contributed by atoms with Crippen LogP contribution in [-0.4, -0.2) is 15.3 Å². The van der Waals surface area contributed by atoms with E-state index in [1.54, 1.807) is 18.2 Å². The van der Waals surface area contributed by atoms with Gasteiger partial charge in [0.15, 0.2) is 0 Å². The highest BCUT2D eigenvalue weighted by Crippen LogP contribution is 2.25. The zero-order valence-corrected chi connectivity index (χ0v) is 13.6. The first-order valence-electron chi connectivity index (χ1n) is 5.73. The lowest BCUT2D eigenvalue weighted by Gasteiger charge is -2.07. The van der Waals surface area contributed by atoms with Crippen LogP contribution in [0.5, 0.6) is 0 Å². The number of carboxylic acid groups (broad SMARTS) is 1. The monoisotopic (exact) mass is 390 g/mol. The van der Waals surface area contributed by atoms with Gasteiger partial charge < -0.3 is 5.11 Å². The van der Waals surface area contributed by atoms with Gasteiger partial charge in [-0.15, -0.1) is 0 Å². The van der Waals surface area contributed by atoms with Crippen LogP contribution in [0.15, 0.2) is 45.8 Å². The van der Waals surface area contributed by atoms with E-state index in [0.29, 0.717) is 10.6 Å². The highest BCUT2D eigenvalue weighted by molar-refractivity contribution is 9.10. The van der Waals surface area contributed by atoms with E-state index < -0.39 is 22.6 Å². The van der Waals surface area contributed by atoms with E-state index >= 15 is 0 Å². The maximum Gasteiger partial charge on any atom is 0.335 e. The summed E-state index contributed by atoms with van der Waals surface area (Å²) in [7, 11) is -1.73. The predicted molar refractivity (Wildman–Crippen MR) is 82.6 cm³/mol. The predicted octanol–water partition coefficient (Wildman–Crippen LogP) is 4.25. The van der Waals surface area contributed by atoms with Gasteiger partial charge in [-0.1, -0.05) is 33.6 Å². The van der Waals surface area contributed by atoms with Gasteiger partial charge in [0.05, 0.1) is 27.0 Å². The van der Waals surface area contributed by atoms with Gasteiger partial charge in [0.1, 0.15) is 5.82 Å². The van der Waals surface area contributed by atoms with Crippen LogP contribution in [0.4, 0.5) is 4.39 Å². The van der Waals surface area contributed by atoms with Crippen molar-refractivity contribution < 1.29 is 18.5 Å². The number of halogens is 3. The fourth-order valence-electron chi connectivity index (χ4n) is 1.67. The molecule has 110 valence electrons. The smallest absolute Gasteiger partial charge is 0.335 e. The Labute approximate surface area is 136 Å². The molecular formula is C14H9BrClFO3S. The molecule has 0 heterocycles. The van der Waals surface area contributed by atoms with Crippen LogP contribution in [0.2, 0.25) is 5.02 Å². The largest absolute Gasteiger partial charge is 0.478 e. The lowest BCUT2D eigenvalue weighted by Crippen LogP contribution is -2.04. The molecule has 1 N–H and O–H groups in total. The van der Waals surface area contributed by atoms with Gasteiger partial charge in [0.25, 0.3) is 0 Å². The molecule has 0 aliphatic rings. The first-order valence-corrected chi connectivity index (χ1v) is 8.22. The van der Waals surface area contributed by atoms with Crippen molar-refractivity contribution in [2.75, 3.05) is 0 Å². The number of rotatable bonds is 4. The Morgan fingerprint density at radius 3 is 2.62 bits per heavy atom. The second kappa shape index (κ2) is 6.68. The van der Waals surface area contributed by atoms with Gasteiger partial charge in [-0.25, -0.2) is 9.18 Å². The minimum absolute atomic E-state index is 0.00606. The molecule has 0 aromatic heterocycles. The maximum atomic E-state index is 13.7. The summed E-state index contributed by atoms with van der Waals surface area (Å²) in [5.41, 5.74) is 0.486. The molecule has 0 aliphatic carbocycles. The zero-order chi connectivity index (χ0) is 15.6. The van der Waals surface area contributed by atoms with Crippen molar-refractivity contribution in [3.05, 3.63) is 62.8 Å². The molecule has 0 saturated carbocycles. The van der Waals surface area contributed by atoms with Crippen molar-refractivity contribution in [2.24, 2.45) is 0 Å². The molecule has 0 fully saturated rings. The van der Waals surface area contributed by atoms with Crippen molar-refractivity contribution >= 4 is 44.3 Å². The van der Waals surface area contributed by atoms with Crippen LogP contribution in [0, 0.1) is 5.82 Å². The zero-order valence-electron chi connectivity index (χ0n) is 10.5. The van der Waals surface area contributed by atoms with E-state index in [0.717, 1.165) is 22.7 Å². The Balaban J connectivity index is 2.32. The topological polar surface area (TPSA) is 54.4 Å². The van der Waals surface area contributed by atoms with Gasteiger partial charge >= 0.3 is 5.97 Å².